The topological polar surface area (TPSA) is 58.6 Å². The summed E-state index contributed by atoms with van der Waals surface area (Å²) < 4.78 is 18.2. The number of rotatable bonds is 5. The van der Waals surface area contributed by atoms with E-state index in [1.165, 1.54) is 24.3 Å². The van der Waals surface area contributed by atoms with Crippen LogP contribution in [0.15, 0.2) is 24.3 Å². The molecule has 25 heavy (non-hydrogen) atoms. The maximum atomic E-state index is 12.8. The number of halogens is 1. The van der Waals surface area contributed by atoms with Crippen LogP contribution in [0.25, 0.3) is 0 Å². The molecule has 0 radical (unpaired) electrons. The average molecular weight is 348 g/mol. The normalized spacial score (nSPS) is 19.0. The number of amides is 2. The summed E-state index contributed by atoms with van der Waals surface area (Å²) in [5, 5.41) is 3.14. The molecular formula is C19H25FN2O3. The Hall–Kier alpha value is -2.11. The molecule has 2 fully saturated rings. The van der Waals surface area contributed by atoms with E-state index in [9.17, 15) is 14.0 Å². The van der Waals surface area contributed by atoms with Gasteiger partial charge in [-0.3, -0.25) is 9.59 Å². The van der Waals surface area contributed by atoms with Crippen LogP contribution in [0.1, 0.15) is 38.5 Å². The molecule has 1 aromatic rings. The van der Waals surface area contributed by atoms with Gasteiger partial charge in [-0.2, -0.15) is 0 Å². The van der Waals surface area contributed by atoms with Gasteiger partial charge in [-0.1, -0.05) is 12.8 Å². The lowest BCUT2D eigenvalue weighted by Gasteiger charge is -2.32. The zero-order valence-electron chi connectivity index (χ0n) is 14.4. The standard InChI is InChI=1S/C19H25FN2O3/c20-15-5-7-17(8-6-15)25-13-18(23)22-11-9-16(10-12-22)21-19(24)14-3-1-2-4-14/h5-8,14,16H,1-4,9-13H2,(H,21,24). The second-order valence-corrected chi connectivity index (χ2v) is 6.89. The average Bonchev–Trinajstić information content (AvgIpc) is 3.16. The second-order valence-electron chi connectivity index (χ2n) is 6.89. The number of piperidine rings is 1. The number of likely N-dealkylation sites (tertiary alicyclic amines) is 1. The van der Waals surface area contributed by atoms with Crippen LogP contribution >= 0.6 is 0 Å². The molecule has 1 aliphatic carbocycles. The summed E-state index contributed by atoms with van der Waals surface area (Å²) in [7, 11) is 0. The third-order valence-corrected chi connectivity index (χ3v) is 5.10. The zero-order valence-corrected chi connectivity index (χ0v) is 14.4. The minimum absolute atomic E-state index is 0.0509. The lowest BCUT2D eigenvalue weighted by Crippen LogP contribution is -2.48. The molecule has 0 bridgehead atoms. The van der Waals surface area contributed by atoms with E-state index in [-0.39, 0.29) is 36.2 Å². The van der Waals surface area contributed by atoms with E-state index in [2.05, 4.69) is 5.32 Å². The molecular weight excluding hydrogens is 323 g/mol. The van der Waals surface area contributed by atoms with Gasteiger partial charge in [0.2, 0.25) is 5.91 Å². The van der Waals surface area contributed by atoms with E-state index in [0.717, 1.165) is 38.5 Å². The number of hydrogen-bond acceptors (Lipinski definition) is 3. The first-order valence-electron chi connectivity index (χ1n) is 9.08. The van der Waals surface area contributed by atoms with E-state index in [4.69, 9.17) is 4.74 Å². The Morgan fingerprint density at radius 2 is 1.72 bits per heavy atom. The van der Waals surface area contributed by atoms with Crippen molar-refractivity contribution in [2.24, 2.45) is 5.92 Å². The first kappa shape index (κ1) is 17.7. The second kappa shape index (κ2) is 8.32. The van der Waals surface area contributed by atoms with Crippen molar-refractivity contribution >= 4 is 11.8 Å². The van der Waals surface area contributed by atoms with Crippen LogP contribution in [0, 0.1) is 11.7 Å². The predicted molar refractivity (Wildman–Crippen MR) is 91.6 cm³/mol. The Morgan fingerprint density at radius 3 is 2.36 bits per heavy atom. The maximum Gasteiger partial charge on any atom is 0.260 e. The Balaban J connectivity index is 1.38. The van der Waals surface area contributed by atoms with Gasteiger partial charge in [0, 0.05) is 25.0 Å². The van der Waals surface area contributed by atoms with Crippen molar-refractivity contribution in [3.05, 3.63) is 30.1 Å². The van der Waals surface area contributed by atoms with E-state index in [1.54, 1.807) is 4.90 Å². The van der Waals surface area contributed by atoms with Crippen LogP contribution < -0.4 is 10.1 Å². The van der Waals surface area contributed by atoms with Crippen LogP contribution in [-0.2, 0) is 9.59 Å². The first-order chi connectivity index (χ1) is 12.1. The van der Waals surface area contributed by atoms with E-state index >= 15 is 0 Å². The van der Waals surface area contributed by atoms with Gasteiger partial charge in [0.15, 0.2) is 6.61 Å². The van der Waals surface area contributed by atoms with Crippen LogP contribution in [-0.4, -0.2) is 42.5 Å². The highest BCUT2D eigenvalue weighted by Gasteiger charge is 2.28. The highest BCUT2D eigenvalue weighted by Crippen LogP contribution is 2.25. The van der Waals surface area contributed by atoms with Crippen molar-refractivity contribution in [2.75, 3.05) is 19.7 Å². The summed E-state index contributed by atoms with van der Waals surface area (Å²) in [5.74, 6) is 0.435. The third-order valence-electron chi connectivity index (χ3n) is 5.10. The van der Waals surface area contributed by atoms with Crippen molar-refractivity contribution in [1.82, 2.24) is 10.2 Å². The molecule has 1 aromatic carbocycles. The summed E-state index contributed by atoms with van der Waals surface area (Å²) in [6.45, 7) is 1.20. The van der Waals surface area contributed by atoms with Gasteiger partial charge in [0.1, 0.15) is 11.6 Å². The Morgan fingerprint density at radius 1 is 1.08 bits per heavy atom. The molecule has 3 rings (SSSR count). The molecule has 1 saturated heterocycles. The van der Waals surface area contributed by atoms with Gasteiger partial charge >= 0.3 is 0 Å². The van der Waals surface area contributed by atoms with Gasteiger partial charge in [0.05, 0.1) is 0 Å². The number of hydrogen-bond donors (Lipinski definition) is 1. The molecule has 1 N–H and O–H groups in total. The molecule has 1 aliphatic heterocycles. The maximum absolute atomic E-state index is 12.8. The fourth-order valence-corrected chi connectivity index (χ4v) is 3.55. The summed E-state index contributed by atoms with van der Waals surface area (Å²) in [5.41, 5.74) is 0. The number of benzene rings is 1. The smallest absolute Gasteiger partial charge is 0.260 e. The molecule has 136 valence electrons. The minimum atomic E-state index is -0.333. The van der Waals surface area contributed by atoms with Crippen LogP contribution in [0.2, 0.25) is 0 Å². The minimum Gasteiger partial charge on any atom is -0.484 e. The molecule has 2 amide bonds. The van der Waals surface area contributed by atoms with Crippen molar-refractivity contribution < 1.29 is 18.7 Å². The fraction of sp³-hybridized carbons (Fsp3) is 0.579. The lowest BCUT2D eigenvalue weighted by atomic mass is 10.0. The molecule has 1 heterocycles. The Labute approximate surface area is 147 Å². The predicted octanol–water partition coefficient (Wildman–Crippen LogP) is 2.50. The number of carbonyl (C=O) groups excluding carboxylic acids is 2. The molecule has 5 nitrogen and oxygen atoms in total. The third kappa shape index (κ3) is 4.94. The number of ether oxygens (including phenoxy) is 1. The van der Waals surface area contributed by atoms with Gasteiger partial charge in [-0.25, -0.2) is 4.39 Å². The SMILES string of the molecule is O=C(NC1CCN(C(=O)COc2ccc(F)cc2)CC1)C1CCCC1. The monoisotopic (exact) mass is 348 g/mol. The fourth-order valence-electron chi connectivity index (χ4n) is 3.55. The highest BCUT2D eigenvalue weighted by atomic mass is 19.1. The van der Waals surface area contributed by atoms with Crippen molar-refractivity contribution in [2.45, 2.75) is 44.6 Å². The van der Waals surface area contributed by atoms with Crippen LogP contribution in [0.3, 0.4) is 0 Å². The number of nitrogens with zero attached hydrogens (tertiary/aromatic N) is 1. The summed E-state index contributed by atoms with van der Waals surface area (Å²) in [6.07, 6.45) is 5.87. The molecule has 0 unspecified atom stereocenters. The number of nitrogens with one attached hydrogen (secondary N) is 1. The van der Waals surface area contributed by atoms with Crippen LogP contribution in [0.4, 0.5) is 4.39 Å². The quantitative estimate of drug-likeness (QED) is 0.889. The lowest BCUT2D eigenvalue weighted by molar-refractivity contribution is -0.134. The van der Waals surface area contributed by atoms with E-state index < -0.39 is 0 Å². The molecule has 2 aliphatic rings. The molecule has 1 saturated carbocycles. The van der Waals surface area contributed by atoms with Crippen molar-refractivity contribution in [3.63, 3.8) is 0 Å². The summed E-state index contributed by atoms with van der Waals surface area (Å²) in [4.78, 5) is 26.2. The Kier molecular flexibility index (Phi) is 5.89. The van der Waals surface area contributed by atoms with Gasteiger partial charge in [-0.15, -0.1) is 0 Å². The molecule has 0 spiro atoms. The first-order valence-corrected chi connectivity index (χ1v) is 9.08. The van der Waals surface area contributed by atoms with Gasteiger partial charge < -0.3 is 15.0 Å². The summed E-state index contributed by atoms with van der Waals surface area (Å²) >= 11 is 0. The molecule has 0 aromatic heterocycles. The van der Waals surface area contributed by atoms with Crippen molar-refractivity contribution in [3.8, 4) is 5.75 Å². The molecule has 6 heteroatoms. The van der Waals surface area contributed by atoms with Gasteiger partial charge in [-0.05, 0) is 49.9 Å². The van der Waals surface area contributed by atoms with Crippen molar-refractivity contribution in [1.29, 1.82) is 0 Å². The van der Waals surface area contributed by atoms with Gasteiger partial charge in [0.25, 0.3) is 5.91 Å². The number of carbonyl (C=O) groups is 2. The Bertz CT molecular complexity index is 591. The zero-order chi connectivity index (χ0) is 17.6. The van der Waals surface area contributed by atoms with E-state index in [1.807, 2.05) is 0 Å². The highest BCUT2D eigenvalue weighted by molar-refractivity contribution is 5.79. The summed E-state index contributed by atoms with van der Waals surface area (Å²) in [6, 6.07) is 5.78. The largest absolute Gasteiger partial charge is 0.484 e. The van der Waals surface area contributed by atoms with E-state index in [0.29, 0.717) is 18.8 Å². The van der Waals surface area contributed by atoms with Crippen LogP contribution in [0.5, 0.6) is 5.75 Å². The molecule has 0 atom stereocenters.